The molecular formula is C21H20FN3O4. The summed E-state index contributed by atoms with van der Waals surface area (Å²) in [5.41, 5.74) is 7.01. The van der Waals surface area contributed by atoms with Crippen molar-refractivity contribution in [3.8, 4) is 0 Å². The number of amides is 2. The molecule has 3 rings (SSSR count). The predicted octanol–water partition coefficient (Wildman–Crippen LogP) is 2.07. The van der Waals surface area contributed by atoms with Gasteiger partial charge in [0.1, 0.15) is 11.9 Å². The van der Waals surface area contributed by atoms with E-state index in [4.69, 9.17) is 10.5 Å². The van der Waals surface area contributed by atoms with Crippen molar-refractivity contribution >= 4 is 28.7 Å². The number of carbonyl (C=O) groups excluding carboxylic acids is 3. The number of para-hydroxylation sites is 1. The fourth-order valence-corrected chi connectivity index (χ4v) is 2.87. The van der Waals surface area contributed by atoms with Gasteiger partial charge in [0.15, 0.2) is 6.10 Å². The Hall–Kier alpha value is -3.68. The van der Waals surface area contributed by atoms with Crippen LogP contribution in [0.2, 0.25) is 0 Å². The van der Waals surface area contributed by atoms with Gasteiger partial charge in [-0.1, -0.05) is 18.2 Å². The molecule has 0 unspecified atom stereocenters. The lowest BCUT2D eigenvalue weighted by Gasteiger charge is -2.19. The van der Waals surface area contributed by atoms with Crippen LogP contribution in [0.5, 0.6) is 0 Å². The van der Waals surface area contributed by atoms with Crippen molar-refractivity contribution in [1.82, 2.24) is 10.3 Å². The van der Waals surface area contributed by atoms with Crippen molar-refractivity contribution in [3.63, 3.8) is 0 Å². The highest BCUT2D eigenvalue weighted by molar-refractivity contribution is 5.97. The number of hydrogen-bond donors (Lipinski definition) is 3. The van der Waals surface area contributed by atoms with Crippen LogP contribution >= 0.6 is 0 Å². The summed E-state index contributed by atoms with van der Waals surface area (Å²) >= 11 is 0. The van der Waals surface area contributed by atoms with E-state index < -0.39 is 35.7 Å². The second kappa shape index (κ2) is 8.55. The van der Waals surface area contributed by atoms with Gasteiger partial charge in [0, 0.05) is 29.1 Å². The average molecular weight is 397 g/mol. The summed E-state index contributed by atoms with van der Waals surface area (Å²) in [4.78, 5) is 39.5. The molecule has 0 aliphatic rings. The first-order valence-electron chi connectivity index (χ1n) is 8.96. The fourth-order valence-electron chi connectivity index (χ4n) is 2.87. The first kappa shape index (κ1) is 20.1. The lowest BCUT2D eigenvalue weighted by Crippen LogP contribution is -2.45. The van der Waals surface area contributed by atoms with Crippen molar-refractivity contribution in [2.45, 2.75) is 25.5 Å². The van der Waals surface area contributed by atoms with Gasteiger partial charge >= 0.3 is 5.97 Å². The topological polar surface area (TPSA) is 114 Å². The molecule has 4 N–H and O–H groups in total. The number of benzene rings is 2. The first-order chi connectivity index (χ1) is 13.8. The zero-order valence-corrected chi connectivity index (χ0v) is 15.6. The minimum atomic E-state index is -1.14. The zero-order chi connectivity index (χ0) is 21.0. The highest BCUT2D eigenvalue weighted by atomic mass is 19.1. The number of nitrogens with two attached hydrogens (primary N) is 1. The minimum absolute atomic E-state index is 0.126. The Morgan fingerprint density at radius 2 is 1.83 bits per heavy atom. The standard InChI is InChI=1S/C21H20FN3O4/c1-12(19(23)26)29-21(28)18(25-20(27)13-6-8-15(22)9-7-13)10-14-11-24-17-5-3-2-4-16(14)17/h2-9,11-12,18,24H,10H2,1H3,(H2,23,26)(H,25,27)/t12-,18-/m0/s1. The lowest BCUT2D eigenvalue weighted by atomic mass is 10.0. The lowest BCUT2D eigenvalue weighted by molar-refractivity contribution is -0.155. The molecule has 0 spiro atoms. The number of H-pyrrole nitrogens is 1. The Morgan fingerprint density at radius 1 is 1.14 bits per heavy atom. The highest BCUT2D eigenvalue weighted by Gasteiger charge is 2.27. The van der Waals surface area contributed by atoms with Crippen molar-refractivity contribution in [1.29, 1.82) is 0 Å². The SMILES string of the molecule is C[C@H](OC(=O)[C@H](Cc1c[nH]c2ccccc12)NC(=O)c1ccc(F)cc1)C(N)=O. The number of primary amides is 1. The number of aromatic nitrogens is 1. The molecule has 2 amide bonds. The van der Waals surface area contributed by atoms with Crippen LogP contribution in [0.1, 0.15) is 22.8 Å². The van der Waals surface area contributed by atoms with E-state index in [1.807, 2.05) is 24.3 Å². The number of carbonyl (C=O) groups is 3. The summed E-state index contributed by atoms with van der Waals surface area (Å²) in [7, 11) is 0. The first-order valence-corrected chi connectivity index (χ1v) is 8.96. The maximum absolute atomic E-state index is 13.1. The van der Waals surface area contributed by atoms with Gasteiger partial charge in [-0.3, -0.25) is 9.59 Å². The number of hydrogen-bond acceptors (Lipinski definition) is 4. The molecular weight excluding hydrogens is 377 g/mol. The fraction of sp³-hybridized carbons (Fsp3) is 0.190. The van der Waals surface area contributed by atoms with Crippen LogP contribution < -0.4 is 11.1 Å². The van der Waals surface area contributed by atoms with Crippen LogP contribution in [-0.4, -0.2) is 34.9 Å². The van der Waals surface area contributed by atoms with Crippen molar-refractivity contribution in [2.75, 3.05) is 0 Å². The number of fused-ring (bicyclic) bond motifs is 1. The number of halogens is 1. The van der Waals surface area contributed by atoms with E-state index in [0.717, 1.165) is 28.6 Å². The third-order valence-electron chi connectivity index (χ3n) is 4.49. The molecule has 0 radical (unpaired) electrons. The van der Waals surface area contributed by atoms with E-state index in [9.17, 15) is 18.8 Å². The summed E-state index contributed by atoms with van der Waals surface area (Å²) in [6.07, 6.45) is 0.726. The van der Waals surface area contributed by atoms with E-state index >= 15 is 0 Å². The molecule has 0 aliphatic carbocycles. The monoisotopic (exact) mass is 397 g/mol. The second-order valence-corrected chi connectivity index (χ2v) is 6.58. The molecule has 3 aromatic rings. The largest absolute Gasteiger partial charge is 0.451 e. The summed E-state index contributed by atoms with van der Waals surface area (Å²) in [6, 6.07) is 11.4. The maximum atomic E-state index is 13.1. The van der Waals surface area contributed by atoms with Crippen LogP contribution in [0.3, 0.4) is 0 Å². The van der Waals surface area contributed by atoms with Crippen LogP contribution in [0.25, 0.3) is 10.9 Å². The normalized spacial score (nSPS) is 12.9. The number of esters is 1. The molecule has 150 valence electrons. The third-order valence-corrected chi connectivity index (χ3v) is 4.49. The average Bonchev–Trinajstić information content (AvgIpc) is 3.10. The highest BCUT2D eigenvalue weighted by Crippen LogP contribution is 2.20. The van der Waals surface area contributed by atoms with E-state index in [1.54, 1.807) is 6.20 Å². The molecule has 7 nitrogen and oxygen atoms in total. The number of rotatable bonds is 7. The summed E-state index contributed by atoms with van der Waals surface area (Å²) < 4.78 is 18.2. The van der Waals surface area contributed by atoms with Gasteiger partial charge in [-0.25, -0.2) is 9.18 Å². The van der Waals surface area contributed by atoms with E-state index in [2.05, 4.69) is 10.3 Å². The van der Waals surface area contributed by atoms with Gasteiger partial charge in [0.2, 0.25) is 0 Å². The van der Waals surface area contributed by atoms with Gasteiger partial charge in [0.05, 0.1) is 0 Å². The molecule has 1 heterocycles. The summed E-state index contributed by atoms with van der Waals surface area (Å²) in [6.45, 7) is 1.35. The molecule has 0 fully saturated rings. The molecule has 2 aromatic carbocycles. The molecule has 8 heteroatoms. The number of ether oxygens (including phenoxy) is 1. The van der Waals surface area contributed by atoms with Gasteiger partial charge in [-0.05, 0) is 42.8 Å². The molecule has 1 aromatic heterocycles. The quantitative estimate of drug-likeness (QED) is 0.530. The molecule has 29 heavy (non-hydrogen) atoms. The number of aromatic amines is 1. The van der Waals surface area contributed by atoms with E-state index in [-0.39, 0.29) is 12.0 Å². The van der Waals surface area contributed by atoms with Gasteiger partial charge in [-0.15, -0.1) is 0 Å². The molecule has 0 aliphatic heterocycles. The second-order valence-electron chi connectivity index (χ2n) is 6.58. The van der Waals surface area contributed by atoms with Crippen molar-refractivity contribution < 1.29 is 23.5 Å². The van der Waals surface area contributed by atoms with Gasteiger partial charge in [-0.2, -0.15) is 0 Å². The van der Waals surface area contributed by atoms with Crippen LogP contribution in [-0.2, 0) is 20.7 Å². The van der Waals surface area contributed by atoms with Gasteiger partial charge in [0.25, 0.3) is 11.8 Å². The molecule has 0 saturated heterocycles. The van der Waals surface area contributed by atoms with Gasteiger partial charge < -0.3 is 20.8 Å². The Kier molecular flexibility index (Phi) is 5.92. The van der Waals surface area contributed by atoms with E-state index in [1.165, 1.54) is 19.1 Å². The van der Waals surface area contributed by atoms with Crippen molar-refractivity contribution in [3.05, 3.63) is 71.7 Å². The van der Waals surface area contributed by atoms with Crippen LogP contribution in [0, 0.1) is 5.82 Å². The maximum Gasteiger partial charge on any atom is 0.329 e. The minimum Gasteiger partial charge on any atom is -0.451 e. The Balaban J connectivity index is 1.84. The smallest absolute Gasteiger partial charge is 0.329 e. The zero-order valence-electron chi connectivity index (χ0n) is 15.6. The van der Waals surface area contributed by atoms with Crippen LogP contribution in [0.4, 0.5) is 4.39 Å². The Morgan fingerprint density at radius 3 is 2.52 bits per heavy atom. The van der Waals surface area contributed by atoms with Crippen molar-refractivity contribution in [2.24, 2.45) is 5.73 Å². The summed E-state index contributed by atoms with van der Waals surface area (Å²) in [5, 5.41) is 3.49. The molecule has 0 bridgehead atoms. The van der Waals surface area contributed by atoms with E-state index in [0.29, 0.717) is 0 Å². The van der Waals surface area contributed by atoms with Crippen LogP contribution in [0.15, 0.2) is 54.7 Å². The Labute approximate surface area is 166 Å². The molecule has 0 saturated carbocycles. The summed E-state index contributed by atoms with van der Waals surface area (Å²) in [5.74, 6) is -2.64. The molecule has 2 atom stereocenters. The third kappa shape index (κ3) is 4.78. The Bertz CT molecular complexity index is 1050. The number of nitrogens with one attached hydrogen (secondary N) is 2. The predicted molar refractivity (Wildman–Crippen MR) is 104 cm³/mol.